The fraction of sp³-hybridized carbons (Fsp3) is 0.800. The molecule has 0 N–H and O–H groups in total. The van der Waals surface area contributed by atoms with E-state index in [9.17, 15) is 14.7 Å². The fourth-order valence-electron chi connectivity index (χ4n) is 3.49. The standard InChI is InChI=1S/C15H23N3O3S.Na/c1-15(2)11(14(20)21)18-12(19)10(13(18)22-15)16-9-17-7-5-3-4-6-8-17;/h9-11,13H,3-8H2,1-2H3,(H,20,21);/q;+1/p-1/t10-,11+,13-;/m1./s1. The smallest absolute Gasteiger partial charge is 0.548 e. The molecule has 3 heterocycles. The maximum absolute atomic E-state index is 12.3. The Morgan fingerprint density at radius 3 is 2.48 bits per heavy atom. The molecule has 0 bridgehead atoms. The third kappa shape index (κ3) is 3.57. The van der Waals surface area contributed by atoms with Crippen molar-refractivity contribution in [3.63, 3.8) is 0 Å². The summed E-state index contributed by atoms with van der Waals surface area (Å²) in [5, 5.41) is 11.2. The molecule has 0 aromatic carbocycles. The van der Waals surface area contributed by atoms with Crippen LogP contribution in [0.5, 0.6) is 0 Å². The molecule has 3 aliphatic heterocycles. The second-order valence-corrected chi connectivity index (χ2v) is 8.51. The predicted molar refractivity (Wildman–Crippen MR) is 83.4 cm³/mol. The van der Waals surface area contributed by atoms with Crippen molar-refractivity contribution in [1.82, 2.24) is 9.80 Å². The Hall–Kier alpha value is -0.240. The van der Waals surface area contributed by atoms with Crippen LogP contribution in [0.1, 0.15) is 39.5 Å². The summed E-state index contributed by atoms with van der Waals surface area (Å²) >= 11 is 1.51. The van der Waals surface area contributed by atoms with E-state index in [2.05, 4.69) is 9.89 Å². The zero-order valence-electron chi connectivity index (χ0n) is 14.0. The van der Waals surface area contributed by atoms with Gasteiger partial charge in [-0.15, -0.1) is 11.8 Å². The zero-order chi connectivity index (χ0) is 15.9. The van der Waals surface area contributed by atoms with Gasteiger partial charge in [0.2, 0.25) is 0 Å². The number of carboxylic acids is 1. The summed E-state index contributed by atoms with van der Waals surface area (Å²) in [5.74, 6) is -1.37. The molecule has 0 aliphatic carbocycles. The number of hydrogen-bond donors (Lipinski definition) is 0. The van der Waals surface area contributed by atoms with E-state index in [1.165, 1.54) is 29.5 Å². The summed E-state index contributed by atoms with van der Waals surface area (Å²) in [4.78, 5) is 31.7. The Morgan fingerprint density at radius 2 is 1.91 bits per heavy atom. The van der Waals surface area contributed by atoms with Crippen LogP contribution in [0, 0.1) is 0 Å². The number of nitrogens with zero attached hydrogens (tertiary/aromatic N) is 3. The molecule has 3 aliphatic rings. The van der Waals surface area contributed by atoms with E-state index in [-0.39, 0.29) is 40.8 Å². The normalized spacial score (nSPS) is 33.0. The molecule has 0 aromatic heterocycles. The Morgan fingerprint density at radius 1 is 1.30 bits per heavy atom. The van der Waals surface area contributed by atoms with Crippen LogP contribution in [0.2, 0.25) is 0 Å². The summed E-state index contributed by atoms with van der Waals surface area (Å²) in [6.45, 7) is 5.66. The molecule has 3 atom stereocenters. The molecule has 3 fully saturated rings. The van der Waals surface area contributed by atoms with Crippen LogP contribution < -0.4 is 34.7 Å². The van der Waals surface area contributed by atoms with Gasteiger partial charge in [-0.05, 0) is 26.7 Å². The van der Waals surface area contributed by atoms with Gasteiger partial charge in [-0.3, -0.25) is 9.79 Å². The van der Waals surface area contributed by atoms with Crippen molar-refractivity contribution in [3.8, 4) is 0 Å². The van der Waals surface area contributed by atoms with Gasteiger partial charge in [-0.2, -0.15) is 0 Å². The summed E-state index contributed by atoms with van der Waals surface area (Å²) in [7, 11) is 0. The maximum atomic E-state index is 12.3. The molecule has 8 heteroatoms. The second kappa shape index (κ2) is 7.33. The first-order valence-corrected chi connectivity index (χ1v) is 8.78. The summed E-state index contributed by atoms with van der Waals surface area (Å²) in [6.07, 6.45) is 6.62. The van der Waals surface area contributed by atoms with Crippen molar-refractivity contribution in [2.24, 2.45) is 4.99 Å². The summed E-state index contributed by atoms with van der Waals surface area (Å²) in [6, 6.07) is -1.31. The number of fused-ring (bicyclic) bond motifs is 1. The first-order chi connectivity index (χ1) is 10.4. The molecule has 0 saturated carbocycles. The predicted octanol–water partition coefficient (Wildman–Crippen LogP) is -2.92. The number of aliphatic imine (C=N–C) groups is 1. The quantitative estimate of drug-likeness (QED) is 0.237. The fourth-order valence-corrected chi connectivity index (χ4v) is 5.10. The number of rotatable bonds is 3. The van der Waals surface area contributed by atoms with E-state index in [4.69, 9.17) is 0 Å². The molecule has 0 unspecified atom stereocenters. The number of likely N-dealkylation sites (tertiary alicyclic amines) is 1. The van der Waals surface area contributed by atoms with Gasteiger partial charge < -0.3 is 19.7 Å². The van der Waals surface area contributed by atoms with Gasteiger partial charge in [0, 0.05) is 17.8 Å². The average molecular weight is 347 g/mol. The molecular formula is C15H22N3NaO3S. The summed E-state index contributed by atoms with van der Waals surface area (Å²) in [5.41, 5.74) is 0. The van der Waals surface area contributed by atoms with E-state index in [1.807, 2.05) is 13.8 Å². The van der Waals surface area contributed by atoms with Crippen molar-refractivity contribution in [2.75, 3.05) is 13.1 Å². The Kier molecular flexibility index (Phi) is 6.09. The first-order valence-electron chi connectivity index (χ1n) is 7.90. The number of carbonyl (C=O) groups is 2. The minimum Gasteiger partial charge on any atom is -0.548 e. The number of aliphatic carboxylic acids is 1. The molecule has 3 rings (SSSR count). The van der Waals surface area contributed by atoms with E-state index in [0.717, 1.165) is 25.9 Å². The van der Waals surface area contributed by atoms with Crippen LogP contribution in [-0.2, 0) is 9.59 Å². The van der Waals surface area contributed by atoms with E-state index < -0.39 is 22.8 Å². The topological polar surface area (TPSA) is 76.0 Å². The number of β-lactam (4-membered cyclic amide) rings is 1. The van der Waals surface area contributed by atoms with Crippen LogP contribution >= 0.6 is 11.8 Å². The average Bonchev–Trinajstić information content (AvgIpc) is 2.60. The van der Waals surface area contributed by atoms with Gasteiger partial charge in [0.15, 0.2) is 6.04 Å². The van der Waals surface area contributed by atoms with Gasteiger partial charge in [0.05, 0.1) is 18.3 Å². The monoisotopic (exact) mass is 347 g/mol. The Labute approximate surface area is 163 Å². The van der Waals surface area contributed by atoms with Crippen molar-refractivity contribution >= 4 is 30.0 Å². The zero-order valence-corrected chi connectivity index (χ0v) is 16.8. The van der Waals surface area contributed by atoms with Crippen LogP contribution in [0.15, 0.2) is 4.99 Å². The van der Waals surface area contributed by atoms with Crippen LogP contribution in [0.3, 0.4) is 0 Å². The third-order valence-electron chi connectivity index (χ3n) is 4.67. The maximum Gasteiger partial charge on any atom is 1.00 e. The minimum atomic E-state index is -1.18. The number of amides is 1. The number of carboxylic acid groups (broad SMARTS) is 1. The van der Waals surface area contributed by atoms with Crippen LogP contribution in [0.25, 0.3) is 0 Å². The minimum absolute atomic E-state index is 0. The largest absolute Gasteiger partial charge is 1.00 e. The second-order valence-electron chi connectivity index (χ2n) is 6.74. The number of hydrogen-bond acceptors (Lipinski definition) is 5. The SMILES string of the molecule is CC1(C)S[C@@H]2[C@H](N=CN3CCCCCC3)C(=O)N2[C@H]1C(=O)[O-].[Na+]. The molecule has 1 amide bonds. The first kappa shape index (κ1) is 19.1. The van der Waals surface area contributed by atoms with Gasteiger partial charge in [0.25, 0.3) is 5.91 Å². The molecule has 122 valence electrons. The third-order valence-corrected chi connectivity index (χ3v) is 6.22. The number of carbonyl (C=O) groups excluding carboxylic acids is 2. The Bertz CT molecular complexity index is 506. The molecule has 0 aromatic rings. The van der Waals surface area contributed by atoms with Crippen molar-refractivity contribution < 1.29 is 44.3 Å². The molecule has 0 radical (unpaired) electrons. The van der Waals surface area contributed by atoms with Crippen LogP contribution in [-0.4, -0.2) is 63.3 Å². The van der Waals surface area contributed by atoms with Gasteiger partial charge in [0.1, 0.15) is 5.37 Å². The molecule has 3 saturated heterocycles. The van der Waals surface area contributed by atoms with Gasteiger partial charge in [-0.1, -0.05) is 12.8 Å². The van der Waals surface area contributed by atoms with Crippen molar-refractivity contribution in [1.29, 1.82) is 0 Å². The molecule has 23 heavy (non-hydrogen) atoms. The van der Waals surface area contributed by atoms with E-state index >= 15 is 0 Å². The van der Waals surface area contributed by atoms with Gasteiger partial charge >= 0.3 is 29.6 Å². The number of thioether (sulfide) groups is 1. The van der Waals surface area contributed by atoms with Crippen molar-refractivity contribution in [3.05, 3.63) is 0 Å². The van der Waals surface area contributed by atoms with Crippen LogP contribution in [0.4, 0.5) is 0 Å². The molecule has 6 nitrogen and oxygen atoms in total. The van der Waals surface area contributed by atoms with E-state index in [0.29, 0.717) is 0 Å². The molecule has 0 spiro atoms. The summed E-state index contributed by atoms with van der Waals surface area (Å²) < 4.78 is -0.536. The Balaban J connectivity index is 0.00000192. The van der Waals surface area contributed by atoms with Gasteiger partial charge in [-0.25, -0.2) is 0 Å². The molecular weight excluding hydrogens is 325 g/mol. The van der Waals surface area contributed by atoms with E-state index in [1.54, 1.807) is 6.34 Å². The van der Waals surface area contributed by atoms with Crippen molar-refractivity contribution in [2.45, 2.75) is 61.7 Å².